The number of benzene rings is 1. The largest absolute Gasteiger partial charge is 0.383 e. The molecule has 1 aromatic rings. The molecule has 0 saturated heterocycles. The summed E-state index contributed by atoms with van der Waals surface area (Å²) >= 11 is 0. The molecule has 0 heterocycles. The Bertz CT molecular complexity index is 464. The first-order valence-corrected chi connectivity index (χ1v) is 7.12. The molecule has 1 aliphatic carbocycles. The molecule has 2 nitrogen and oxygen atoms in total. The van der Waals surface area contributed by atoms with Crippen molar-refractivity contribution >= 4 is 5.69 Å². The highest BCUT2D eigenvalue weighted by molar-refractivity contribution is 5.48. The summed E-state index contributed by atoms with van der Waals surface area (Å²) in [7, 11) is 0. The van der Waals surface area contributed by atoms with E-state index in [-0.39, 0.29) is 5.82 Å². The van der Waals surface area contributed by atoms with E-state index in [0.717, 1.165) is 24.8 Å². The zero-order valence-corrected chi connectivity index (χ0v) is 11.5. The van der Waals surface area contributed by atoms with Crippen molar-refractivity contribution in [3.8, 4) is 6.07 Å². The number of hydrogen-bond acceptors (Lipinski definition) is 2. The Morgan fingerprint density at radius 2 is 2.26 bits per heavy atom. The summed E-state index contributed by atoms with van der Waals surface area (Å²) in [5, 5.41) is 11.8. The van der Waals surface area contributed by atoms with Gasteiger partial charge in [0.25, 0.3) is 0 Å². The minimum absolute atomic E-state index is 0.337. The van der Waals surface area contributed by atoms with Gasteiger partial charge in [0, 0.05) is 6.54 Å². The quantitative estimate of drug-likeness (QED) is 0.874. The first-order valence-electron chi connectivity index (χ1n) is 7.12. The lowest BCUT2D eigenvalue weighted by molar-refractivity contribution is 0.274. The Labute approximate surface area is 114 Å². The molecule has 2 rings (SSSR count). The highest BCUT2D eigenvalue weighted by atomic mass is 19.1. The normalized spacial score (nSPS) is 22.8. The third kappa shape index (κ3) is 3.96. The fourth-order valence-electron chi connectivity index (χ4n) is 2.96. The van der Waals surface area contributed by atoms with Crippen LogP contribution in [0, 0.1) is 29.0 Å². The third-order valence-electron chi connectivity index (χ3n) is 4.01. The van der Waals surface area contributed by atoms with Crippen molar-refractivity contribution < 1.29 is 4.39 Å². The van der Waals surface area contributed by atoms with Crippen LogP contribution in [0.4, 0.5) is 10.1 Å². The topological polar surface area (TPSA) is 35.8 Å². The number of anilines is 1. The summed E-state index contributed by atoms with van der Waals surface area (Å²) in [5.41, 5.74) is 0.868. The average Bonchev–Trinajstić information content (AvgIpc) is 2.40. The second-order valence-corrected chi connectivity index (χ2v) is 5.66. The van der Waals surface area contributed by atoms with Crippen LogP contribution in [0.5, 0.6) is 0 Å². The van der Waals surface area contributed by atoms with Gasteiger partial charge in [0.05, 0.1) is 17.3 Å². The molecule has 2 atom stereocenters. The number of rotatable bonds is 4. The van der Waals surface area contributed by atoms with Gasteiger partial charge < -0.3 is 5.32 Å². The Morgan fingerprint density at radius 3 is 2.95 bits per heavy atom. The van der Waals surface area contributed by atoms with Gasteiger partial charge in [-0.2, -0.15) is 5.26 Å². The highest BCUT2D eigenvalue weighted by Crippen LogP contribution is 2.30. The first kappa shape index (κ1) is 13.9. The van der Waals surface area contributed by atoms with Crippen LogP contribution < -0.4 is 5.32 Å². The van der Waals surface area contributed by atoms with E-state index in [9.17, 15) is 4.39 Å². The minimum atomic E-state index is -0.337. The lowest BCUT2D eigenvalue weighted by atomic mass is 9.81. The molecule has 0 aromatic heterocycles. The monoisotopic (exact) mass is 260 g/mol. The third-order valence-corrected chi connectivity index (χ3v) is 4.01. The minimum Gasteiger partial charge on any atom is -0.383 e. The van der Waals surface area contributed by atoms with Crippen LogP contribution >= 0.6 is 0 Å². The van der Waals surface area contributed by atoms with Crippen molar-refractivity contribution in [3.05, 3.63) is 29.6 Å². The SMILES string of the molecule is CC1CCCC(CCNc2ccc(C#N)cc2F)C1. The maximum Gasteiger partial charge on any atom is 0.147 e. The van der Waals surface area contributed by atoms with Gasteiger partial charge >= 0.3 is 0 Å². The summed E-state index contributed by atoms with van der Waals surface area (Å²) in [5.74, 6) is 1.28. The van der Waals surface area contributed by atoms with Crippen LogP contribution in [0.1, 0.15) is 44.6 Å². The van der Waals surface area contributed by atoms with Gasteiger partial charge in [-0.3, -0.25) is 0 Å². The Morgan fingerprint density at radius 1 is 1.42 bits per heavy atom. The van der Waals surface area contributed by atoms with Crippen LogP contribution in [0.25, 0.3) is 0 Å². The molecule has 0 aliphatic heterocycles. The van der Waals surface area contributed by atoms with E-state index in [4.69, 9.17) is 5.26 Å². The summed E-state index contributed by atoms with van der Waals surface area (Å²) in [4.78, 5) is 0. The van der Waals surface area contributed by atoms with Gasteiger partial charge in [0.1, 0.15) is 5.82 Å². The first-order chi connectivity index (χ1) is 9.19. The Balaban J connectivity index is 1.81. The average molecular weight is 260 g/mol. The molecule has 3 heteroatoms. The van der Waals surface area contributed by atoms with Crippen LogP contribution in [0.2, 0.25) is 0 Å². The molecule has 0 spiro atoms. The zero-order valence-electron chi connectivity index (χ0n) is 11.5. The molecule has 19 heavy (non-hydrogen) atoms. The Kier molecular flexibility index (Phi) is 4.79. The smallest absolute Gasteiger partial charge is 0.147 e. The van der Waals surface area contributed by atoms with Gasteiger partial charge in [0.15, 0.2) is 0 Å². The fraction of sp³-hybridized carbons (Fsp3) is 0.562. The van der Waals surface area contributed by atoms with E-state index in [1.54, 1.807) is 12.1 Å². The molecular formula is C16H21FN2. The van der Waals surface area contributed by atoms with E-state index < -0.39 is 0 Å². The molecular weight excluding hydrogens is 239 g/mol. The lowest BCUT2D eigenvalue weighted by Crippen LogP contribution is -2.16. The number of hydrogen-bond donors (Lipinski definition) is 1. The molecule has 1 N–H and O–H groups in total. The number of nitrogens with one attached hydrogen (secondary N) is 1. The van der Waals surface area contributed by atoms with Crippen LogP contribution in [0.3, 0.4) is 0 Å². The van der Waals surface area contributed by atoms with Crippen molar-refractivity contribution in [1.29, 1.82) is 5.26 Å². The molecule has 2 unspecified atom stereocenters. The molecule has 1 aromatic carbocycles. The standard InChI is InChI=1S/C16H21FN2/c1-12-3-2-4-13(9-12)7-8-19-16-6-5-14(11-18)10-15(16)17/h5-6,10,12-13,19H,2-4,7-9H2,1H3. The molecule has 0 amide bonds. The Hall–Kier alpha value is -1.56. The lowest BCUT2D eigenvalue weighted by Gasteiger charge is -2.26. The zero-order chi connectivity index (χ0) is 13.7. The predicted molar refractivity (Wildman–Crippen MR) is 75.3 cm³/mol. The van der Waals surface area contributed by atoms with Crippen molar-refractivity contribution in [2.24, 2.45) is 11.8 Å². The maximum absolute atomic E-state index is 13.7. The molecule has 1 fully saturated rings. The number of halogens is 1. The highest BCUT2D eigenvalue weighted by Gasteiger charge is 2.18. The van der Waals surface area contributed by atoms with E-state index in [1.165, 1.54) is 31.7 Å². The van der Waals surface area contributed by atoms with Gasteiger partial charge in [-0.25, -0.2) is 4.39 Å². The molecule has 1 saturated carbocycles. The molecule has 102 valence electrons. The summed E-state index contributed by atoms with van der Waals surface area (Å²) in [6.07, 6.45) is 6.40. The second-order valence-electron chi connectivity index (χ2n) is 5.66. The predicted octanol–water partition coefficient (Wildman–Crippen LogP) is 4.33. The van der Waals surface area contributed by atoms with Gasteiger partial charge in [-0.1, -0.05) is 26.2 Å². The summed E-state index contributed by atoms with van der Waals surface area (Å²) < 4.78 is 13.7. The van der Waals surface area contributed by atoms with Crippen LogP contribution in [-0.4, -0.2) is 6.54 Å². The van der Waals surface area contributed by atoms with Crippen LogP contribution in [0.15, 0.2) is 18.2 Å². The number of nitriles is 1. The van der Waals surface area contributed by atoms with E-state index in [2.05, 4.69) is 12.2 Å². The van der Waals surface area contributed by atoms with Crippen molar-refractivity contribution in [3.63, 3.8) is 0 Å². The summed E-state index contributed by atoms with van der Waals surface area (Å²) in [6, 6.07) is 6.52. The van der Waals surface area contributed by atoms with E-state index >= 15 is 0 Å². The molecule has 1 aliphatic rings. The van der Waals surface area contributed by atoms with Crippen molar-refractivity contribution in [1.82, 2.24) is 0 Å². The van der Waals surface area contributed by atoms with E-state index in [0.29, 0.717) is 11.3 Å². The van der Waals surface area contributed by atoms with Crippen molar-refractivity contribution in [2.75, 3.05) is 11.9 Å². The summed E-state index contributed by atoms with van der Waals surface area (Å²) in [6.45, 7) is 3.13. The fourth-order valence-corrected chi connectivity index (χ4v) is 2.96. The van der Waals surface area contributed by atoms with Crippen LogP contribution in [-0.2, 0) is 0 Å². The van der Waals surface area contributed by atoms with Gasteiger partial charge in [-0.15, -0.1) is 0 Å². The molecule has 0 bridgehead atoms. The van der Waals surface area contributed by atoms with E-state index in [1.807, 2.05) is 6.07 Å². The van der Waals surface area contributed by atoms with Crippen molar-refractivity contribution in [2.45, 2.75) is 39.0 Å². The molecule has 0 radical (unpaired) electrons. The number of nitrogens with zero attached hydrogens (tertiary/aromatic N) is 1. The van der Waals surface area contributed by atoms with Gasteiger partial charge in [0.2, 0.25) is 0 Å². The van der Waals surface area contributed by atoms with Gasteiger partial charge in [-0.05, 0) is 42.9 Å². The maximum atomic E-state index is 13.7. The second kappa shape index (κ2) is 6.56.